The molecular weight excluding hydrogens is 228 g/mol. The van der Waals surface area contributed by atoms with Gasteiger partial charge in [0.2, 0.25) is 5.82 Å². The summed E-state index contributed by atoms with van der Waals surface area (Å²) in [4.78, 5) is 16.1. The molecule has 0 saturated carbocycles. The van der Waals surface area contributed by atoms with Crippen LogP contribution in [0, 0.1) is 11.3 Å². The Morgan fingerprint density at radius 3 is 2.39 bits per heavy atom. The van der Waals surface area contributed by atoms with E-state index in [0.29, 0.717) is 12.5 Å². The molecule has 0 saturated heterocycles. The van der Waals surface area contributed by atoms with E-state index in [-0.39, 0.29) is 23.1 Å². The first kappa shape index (κ1) is 14.7. The van der Waals surface area contributed by atoms with Crippen molar-refractivity contribution in [3.8, 4) is 0 Å². The summed E-state index contributed by atoms with van der Waals surface area (Å²) in [5, 5.41) is 9.61. The van der Waals surface area contributed by atoms with E-state index in [1.165, 1.54) is 0 Å². The van der Waals surface area contributed by atoms with Crippen LogP contribution in [0.3, 0.4) is 0 Å². The second-order valence-corrected chi connectivity index (χ2v) is 6.02. The molecule has 1 aromatic heterocycles. The first-order valence-electron chi connectivity index (χ1n) is 6.44. The number of rotatable bonds is 5. The maximum Gasteiger partial charge on any atom is 0.290 e. The predicted octanol–water partition coefficient (Wildman–Crippen LogP) is 2.34. The van der Waals surface area contributed by atoms with E-state index in [9.17, 15) is 4.79 Å². The highest BCUT2D eigenvalue weighted by Crippen LogP contribution is 2.24. The number of aromatic amines is 1. The SMILES string of the molecule is CC(C)c1nc(C(=O)NCC(C)(C)C(C)C)n[nH]1. The number of nitrogens with zero attached hydrogens (tertiary/aromatic N) is 2. The number of amides is 1. The van der Waals surface area contributed by atoms with Crippen molar-refractivity contribution in [1.29, 1.82) is 0 Å². The predicted molar refractivity (Wildman–Crippen MR) is 71.4 cm³/mol. The van der Waals surface area contributed by atoms with Crippen molar-refractivity contribution < 1.29 is 4.79 Å². The number of H-pyrrole nitrogens is 1. The summed E-state index contributed by atoms with van der Waals surface area (Å²) in [5.41, 5.74) is 0.0623. The molecule has 0 unspecified atom stereocenters. The third-order valence-corrected chi connectivity index (χ3v) is 3.52. The third kappa shape index (κ3) is 3.55. The van der Waals surface area contributed by atoms with Crippen LogP contribution in [0.15, 0.2) is 0 Å². The van der Waals surface area contributed by atoms with Gasteiger partial charge in [0.15, 0.2) is 0 Å². The van der Waals surface area contributed by atoms with Crippen molar-refractivity contribution in [2.45, 2.75) is 47.5 Å². The average molecular weight is 252 g/mol. The quantitative estimate of drug-likeness (QED) is 0.845. The minimum atomic E-state index is -0.216. The lowest BCUT2D eigenvalue weighted by molar-refractivity contribution is 0.0914. The number of nitrogens with one attached hydrogen (secondary N) is 2. The smallest absolute Gasteiger partial charge is 0.290 e. The normalized spacial score (nSPS) is 12.2. The number of hydrogen-bond acceptors (Lipinski definition) is 3. The fourth-order valence-electron chi connectivity index (χ4n) is 1.23. The maximum atomic E-state index is 11.9. The topological polar surface area (TPSA) is 70.7 Å². The Kier molecular flexibility index (Phi) is 4.48. The fourth-order valence-corrected chi connectivity index (χ4v) is 1.23. The molecule has 1 amide bonds. The summed E-state index contributed by atoms with van der Waals surface area (Å²) < 4.78 is 0. The first-order valence-corrected chi connectivity index (χ1v) is 6.44. The van der Waals surface area contributed by atoms with Crippen molar-refractivity contribution in [3.63, 3.8) is 0 Å². The van der Waals surface area contributed by atoms with E-state index in [1.807, 2.05) is 13.8 Å². The highest BCUT2D eigenvalue weighted by Gasteiger charge is 2.24. The van der Waals surface area contributed by atoms with Crippen LogP contribution in [0.1, 0.15) is 63.9 Å². The lowest BCUT2D eigenvalue weighted by atomic mass is 9.81. The van der Waals surface area contributed by atoms with Gasteiger partial charge in [-0.2, -0.15) is 0 Å². The summed E-state index contributed by atoms with van der Waals surface area (Å²) in [6.07, 6.45) is 0. The van der Waals surface area contributed by atoms with Crippen molar-refractivity contribution in [2.75, 3.05) is 6.54 Å². The van der Waals surface area contributed by atoms with Gasteiger partial charge in [0.05, 0.1) is 0 Å². The molecule has 5 heteroatoms. The van der Waals surface area contributed by atoms with Crippen molar-refractivity contribution >= 4 is 5.91 Å². The molecule has 0 aliphatic heterocycles. The van der Waals surface area contributed by atoms with Crippen LogP contribution < -0.4 is 5.32 Å². The van der Waals surface area contributed by atoms with Gasteiger partial charge in [-0.25, -0.2) is 4.98 Å². The van der Waals surface area contributed by atoms with E-state index in [0.717, 1.165) is 5.82 Å². The molecule has 18 heavy (non-hydrogen) atoms. The molecule has 0 bridgehead atoms. The van der Waals surface area contributed by atoms with Gasteiger partial charge in [0.1, 0.15) is 5.82 Å². The molecule has 0 aliphatic carbocycles. The zero-order valence-corrected chi connectivity index (χ0v) is 12.2. The van der Waals surface area contributed by atoms with E-state index in [4.69, 9.17) is 0 Å². The van der Waals surface area contributed by atoms with Gasteiger partial charge in [-0.15, -0.1) is 5.10 Å². The zero-order chi connectivity index (χ0) is 13.9. The molecule has 1 heterocycles. The minimum absolute atomic E-state index is 0.0623. The van der Waals surface area contributed by atoms with Crippen LogP contribution in [0.5, 0.6) is 0 Å². The van der Waals surface area contributed by atoms with E-state index >= 15 is 0 Å². The van der Waals surface area contributed by atoms with Crippen LogP contribution in [-0.4, -0.2) is 27.6 Å². The average Bonchev–Trinajstić information content (AvgIpc) is 2.75. The Hall–Kier alpha value is -1.39. The Labute approximate surface area is 109 Å². The second kappa shape index (κ2) is 5.50. The van der Waals surface area contributed by atoms with Crippen molar-refractivity contribution in [2.24, 2.45) is 11.3 Å². The van der Waals surface area contributed by atoms with Crippen LogP contribution in [0.25, 0.3) is 0 Å². The highest BCUT2D eigenvalue weighted by molar-refractivity contribution is 5.90. The van der Waals surface area contributed by atoms with Crippen LogP contribution in [0.2, 0.25) is 0 Å². The molecule has 0 fully saturated rings. The molecule has 1 aromatic rings. The molecule has 0 aromatic carbocycles. The summed E-state index contributed by atoms with van der Waals surface area (Å²) in [7, 11) is 0. The number of hydrogen-bond donors (Lipinski definition) is 2. The van der Waals surface area contributed by atoms with Gasteiger partial charge >= 0.3 is 0 Å². The Bertz CT molecular complexity index is 407. The monoisotopic (exact) mass is 252 g/mol. The van der Waals surface area contributed by atoms with Gasteiger partial charge in [-0.1, -0.05) is 41.5 Å². The lowest BCUT2D eigenvalue weighted by Crippen LogP contribution is -2.37. The highest BCUT2D eigenvalue weighted by atomic mass is 16.2. The largest absolute Gasteiger partial charge is 0.349 e. The van der Waals surface area contributed by atoms with Crippen molar-refractivity contribution in [3.05, 3.63) is 11.6 Å². The van der Waals surface area contributed by atoms with Crippen LogP contribution in [0.4, 0.5) is 0 Å². The van der Waals surface area contributed by atoms with Gasteiger partial charge in [0, 0.05) is 12.5 Å². The molecule has 0 radical (unpaired) electrons. The molecule has 102 valence electrons. The lowest BCUT2D eigenvalue weighted by Gasteiger charge is -2.29. The Morgan fingerprint density at radius 2 is 1.94 bits per heavy atom. The molecule has 0 atom stereocenters. The Balaban J connectivity index is 2.60. The molecule has 1 rings (SSSR count). The first-order chi connectivity index (χ1) is 8.24. The summed E-state index contributed by atoms with van der Waals surface area (Å²) in [5.74, 6) is 1.48. The van der Waals surface area contributed by atoms with Crippen LogP contribution >= 0.6 is 0 Å². The second-order valence-electron chi connectivity index (χ2n) is 6.02. The standard InChI is InChI=1S/C13H24N4O/c1-8(2)10-15-11(17-16-10)12(18)14-7-13(5,6)9(3)4/h8-9H,7H2,1-6H3,(H,14,18)(H,15,16,17). The molecule has 5 nitrogen and oxygen atoms in total. The molecule has 0 spiro atoms. The van der Waals surface area contributed by atoms with E-state index < -0.39 is 0 Å². The number of carbonyl (C=O) groups excluding carboxylic acids is 1. The summed E-state index contributed by atoms with van der Waals surface area (Å²) >= 11 is 0. The van der Waals surface area contributed by atoms with E-state index in [2.05, 4.69) is 48.2 Å². The van der Waals surface area contributed by atoms with Gasteiger partial charge in [0.25, 0.3) is 5.91 Å². The van der Waals surface area contributed by atoms with Gasteiger partial charge in [-0.3, -0.25) is 9.89 Å². The maximum absolute atomic E-state index is 11.9. The minimum Gasteiger partial charge on any atom is -0.349 e. The van der Waals surface area contributed by atoms with Gasteiger partial charge < -0.3 is 5.32 Å². The molecule has 2 N–H and O–H groups in total. The number of carbonyl (C=O) groups is 1. The molecule has 0 aliphatic rings. The van der Waals surface area contributed by atoms with E-state index in [1.54, 1.807) is 0 Å². The van der Waals surface area contributed by atoms with Crippen LogP contribution in [-0.2, 0) is 0 Å². The van der Waals surface area contributed by atoms with Crippen molar-refractivity contribution in [1.82, 2.24) is 20.5 Å². The fraction of sp³-hybridized carbons (Fsp3) is 0.769. The zero-order valence-electron chi connectivity index (χ0n) is 12.2. The molecular formula is C13H24N4O. The third-order valence-electron chi connectivity index (χ3n) is 3.52. The summed E-state index contributed by atoms with van der Waals surface area (Å²) in [6, 6.07) is 0. The Morgan fingerprint density at radius 1 is 1.33 bits per heavy atom. The number of aromatic nitrogens is 3. The summed E-state index contributed by atoms with van der Waals surface area (Å²) in [6.45, 7) is 13.2. The van der Waals surface area contributed by atoms with Gasteiger partial charge in [-0.05, 0) is 11.3 Å².